The molecule has 0 bridgehead atoms. The average Bonchev–Trinajstić information content (AvgIpc) is 2.93. The Morgan fingerprint density at radius 2 is 1.73 bits per heavy atom. The molecule has 0 spiro atoms. The predicted octanol–water partition coefficient (Wildman–Crippen LogP) is 5.61. The van der Waals surface area contributed by atoms with E-state index in [2.05, 4.69) is 43.6 Å². The number of aliphatic hydroxyl groups is 1. The van der Waals surface area contributed by atoms with Crippen molar-refractivity contribution in [3.05, 3.63) is 0 Å². The van der Waals surface area contributed by atoms with Gasteiger partial charge in [-0.3, -0.25) is 4.79 Å². The highest BCUT2D eigenvalue weighted by molar-refractivity contribution is 9.09. The van der Waals surface area contributed by atoms with Gasteiger partial charge in [-0.25, -0.2) is 0 Å². The fourth-order valence-electron chi connectivity index (χ4n) is 8.44. The van der Waals surface area contributed by atoms with Crippen molar-refractivity contribution in [1.82, 2.24) is 0 Å². The summed E-state index contributed by atoms with van der Waals surface area (Å²) in [6.45, 7) is 9.52. The molecule has 0 aromatic heterocycles. The molecule has 2 nitrogen and oxygen atoms in total. The molecule has 4 aliphatic rings. The van der Waals surface area contributed by atoms with Gasteiger partial charge < -0.3 is 5.11 Å². The highest BCUT2D eigenvalue weighted by Gasteiger charge is 2.63. The van der Waals surface area contributed by atoms with Crippen LogP contribution in [-0.2, 0) is 4.79 Å². The summed E-state index contributed by atoms with van der Waals surface area (Å²) < 4.78 is 0. The number of fused-ring (bicyclic) bond motifs is 5. The number of carbonyl (C=O) groups is 1. The van der Waals surface area contributed by atoms with E-state index >= 15 is 0 Å². The molecule has 148 valence electrons. The molecule has 9 atom stereocenters. The molecular formula is C23H37BrO2. The first-order valence-electron chi connectivity index (χ1n) is 10.9. The molecule has 0 heterocycles. The second kappa shape index (κ2) is 6.31. The Bertz CT molecular complexity index is 587. The van der Waals surface area contributed by atoms with Crippen LogP contribution in [0, 0.1) is 46.3 Å². The summed E-state index contributed by atoms with van der Waals surface area (Å²) in [4.78, 5) is 12.6. The van der Waals surface area contributed by atoms with Crippen molar-refractivity contribution in [2.45, 2.75) is 84.7 Å². The lowest BCUT2D eigenvalue weighted by molar-refractivity contribution is -0.165. The van der Waals surface area contributed by atoms with E-state index in [1.807, 2.05) is 0 Å². The number of rotatable bonds is 2. The molecule has 0 aromatic carbocycles. The summed E-state index contributed by atoms with van der Waals surface area (Å²) in [5, 5.41) is 11.2. The highest BCUT2D eigenvalue weighted by atomic mass is 79.9. The van der Waals surface area contributed by atoms with E-state index in [0.717, 1.165) is 42.9 Å². The maximum absolute atomic E-state index is 12.6. The van der Waals surface area contributed by atoms with Crippen molar-refractivity contribution in [2.24, 2.45) is 46.3 Å². The lowest BCUT2D eigenvalue weighted by atomic mass is 9.42. The molecule has 4 saturated carbocycles. The first-order chi connectivity index (χ1) is 12.1. The van der Waals surface area contributed by atoms with Gasteiger partial charge in [0.05, 0.1) is 10.9 Å². The van der Waals surface area contributed by atoms with Crippen molar-refractivity contribution in [3.63, 3.8) is 0 Å². The van der Waals surface area contributed by atoms with E-state index in [1.54, 1.807) is 0 Å². The Labute approximate surface area is 168 Å². The van der Waals surface area contributed by atoms with Gasteiger partial charge in [-0.15, -0.1) is 0 Å². The summed E-state index contributed by atoms with van der Waals surface area (Å²) in [5.74, 6) is 4.42. The number of ketones is 1. The van der Waals surface area contributed by atoms with E-state index in [1.165, 1.54) is 32.1 Å². The third kappa shape index (κ3) is 2.70. The van der Waals surface area contributed by atoms with Gasteiger partial charge >= 0.3 is 0 Å². The number of hydrogen-bond acceptors (Lipinski definition) is 2. The normalized spacial score (nSPS) is 56.4. The van der Waals surface area contributed by atoms with Crippen LogP contribution < -0.4 is 0 Å². The Balaban J connectivity index is 1.64. The van der Waals surface area contributed by atoms with Crippen LogP contribution in [-0.4, -0.2) is 21.8 Å². The van der Waals surface area contributed by atoms with Gasteiger partial charge in [0.25, 0.3) is 0 Å². The first kappa shape index (κ1) is 19.4. The number of carbonyl (C=O) groups excluding carboxylic acids is 1. The third-order valence-corrected chi connectivity index (χ3v) is 10.4. The van der Waals surface area contributed by atoms with E-state index in [9.17, 15) is 9.90 Å². The SMILES string of the molecule is CC1C[C@H]2C[C@](C)(O)CC[C@]2(C)[C@H]2CC[C@]3(C)[C@@H](C(=O)CBr)CC[C@H]3[C@H]12. The predicted molar refractivity (Wildman–Crippen MR) is 109 cm³/mol. The topological polar surface area (TPSA) is 37.3 Å². The van der Waals surface area contributed by atoms with E-state index in [4.69, 9.17) is 0 Å². The molecule has 1 unspecified atom stereocenters. The van der Waals surface area contributed by atoms with Crippen LogP contribution in [0.25, 0.3) is 0 Å². The minimum absolute atomic E-state index is 0.226. The zero-order valence-electron chi connectivity index (χ0n) is 17.1. The molecule has 1 N–H and O–H groups in total. The zero-order valence-corrected chi connectivity index (χ0v) is 18.6. The van der Waals surface area contributed by atoms with Gasteiger partial charge in [0.1, 0.15) is 5.78 Å². The van der Waals surface area contributed by atoms with Gasteiger partial charge in [-0.05, 0) is 98.7 Å². The second-order valence-electron chi connectivity index (χ2n) is 11.2. The third-order valence-electron chi connectivity index (χ3n) is 9.83. The smallest absolute Gasteiger partial charge is 0.147 e. The summed E-state index contributed by atoms with van der Waals surface area (Å²) in [6, 6.07) is 0. The molecule has 0 aliphatic heterocycles. The van der Waals surface area contributed by atoms with Crippen LogP contribution in [0.3, 0.4) is 0 Å². The average molecular weight is 425 g/mol. The number of alkyl halides is 1. The van der Waals surface area contributed by atoms with E-state index in [-0.39, 0.29) is 11.3 Å². The van der Waals surface area contributed by atoms with Crippen LogP contribution in [0.15, 0.2) is 0 Å². The summed E-state index contributed by atoms with van der Waals surface area (Å²) >= 11 is 3.44. The van der Waals surface area contributed by atoms with Crippen molar-refractivity contribution in [3.8, 4) is 0 Å². The fraction of sp³-hybridized carbons (Fsp3) is 0.957. The molecule has 0 aromatic rings. The molecule has 4 aliphatic carbocycles. The Hall–Kier alpha value is 0.110. The molecular weight excluding hydrogens is 388 g/mol. The van der Waals surface area contributed by atoms with Crippen LogP contribution in [0.4, 0.5) is 0 Å². The largest absolute Gasteiger partial charge is 0.390 e. The van der Waals surface area contributed by atoms with Gasteiger partial charge in [0.2, 0.25) is 0 Å². The molecule has 26 heavy (non-hydrogen) atoms. The lowest BCUT2D eigenvalue weighted by Gasteiger charge is -2.63. The van der Waals surface area contributed by atoms with Crippen LogP contribution in [0.5, 0.6) is 0 Å². The second-order valence-corrected chi connectivity index (χ2v) is 11.7. The lowest BCUT2D eigenvalue weighted by Crippen LogP contribution is -2.58. The van der Waals surface area contributed by atoms with E-state index < -0.39 is 5.60 Å². The van der Waals surface area contributed by atoms with Crippen LogP contribution in [0.2, 0.25) is 0 Å². The molecule has 0 saturated heterocycles. The maximum Gasteiger partial charge on any atom is 0.147 e. The Morgan fingerprint density at radius 1 is 1.04 bits per heavy atom. The standard InChI is InChI=1S/C23H37BrO2/c1-14-11-15-12-21(2,26)9-10-22(15,3)18-7-8-23(4)16(19(25)13-24)5-6-17(23)20(14)18/h14-18,20,26H,5-13H2,1-4H3/t14?,15-,16+,17-,18-,20-,21+,22-,23+/m0/s1. The van der Waals surface area contributed by atoms with E-state index in [0.29, 0.717) is 22.4 Å². The number of halogens is 1. The molecule has 4 rings (SSSR count). The molecule has 4 fully saturated rings. The molecule has 0 amide bonds. The van der Waals surface area contributed by atoms with Crippen LogP contribution >= 0.6 is 15.9 Å². The summed E-state index contributed by atoms with van der Waals surface area (Å²) in [7, 11) is 0. The maximum atomic E-state index is 12.6. The summed E-state index contributed by atoms with van der Waals surface area (Å²) in [6.07, 6.45) is 9.30. The monoisotopic (exact) mass is 424 g/mol. The fourth-order valence-corrected chi connectivity index (χ4v) is 8.83. The van der Waals surface area contributed by atoms with Crippen molar-refractivity contribution in [2.75, 3.05) is 5.33 Å². The molecule has 0 radical (unpaired) electrons. The first-order valence-corrected chi connectivity index (χ1v) is 12.1. The minimum atomic E-state index is -0.458. The van der Waals surface area contributed by atoms with Crippen molar-refractivity contribution in [1.29, 1.82) is 0 Å². The zero-order chi connectivity index (χ0) is 18.9. The van der Waals surface area contributed by atoms with Gasteiger partial charge in [0.15, 0.2) is 0 Å². The Kier molecular flexibility index (Phi) is 4.71. The quantitative estimate of drug-likeness (QED) is 0.584. The molecule has 3 heteroatoms. The highest BCUT2D eigenvalue weighted by Crippen LogP contribution is 2.69. The van der Waals surface area contributed by atoms with Crippen molar-refractivity contribution < 1.29 is 9.90 Å². The van der Waals surface area contributed by atoms with Crippen LogP contribution in [0.1, 0.15) is 79.1 Å². The summed E-state index contributed by atoms with van der Waals surface area (Å²) in [5.41, 5.74) is 0.169. The number of Topliss-reactive ketones (excluding diaryl/α,β-unsaturated/α-hetero) is 1. The van der Waals surface area contributed by atoms with Crippen molar-refractivity contribution >= 4 is 21.7 Å². The number of hydrogen-bond donors (Lipinski definition) is 1. The van der Waals surface area contributed by atoms with Gasteiger partial charge in [-0.1, -0.05) is 36.7 Å². The minimum Gasteiger partial charge on any atom is -0.390 e. The van der Waals surface area contributed by atoms with Gasteiger partial charge in [0, 0.05) is 5.92 Å². The Morgan fingerprint density at radius 3 is 2.42 bits per heavy atom. The van der Waals surface area contributed by atoms with Gasteiger partial charge in [-0.2, -0.15) is 0 Å².